The Labute approximate surface area is 187 Å². The molecule has 0 bridgehead atoms. The second kappa shape index (κ2) is 10.1. The quantitative estimate of drug-likeness (QED) is 0.646. The number of nitriles is 1. The first-order valence-electron chi connectivity index (χ1n) is 10.8. The number of carbonyl (C=O) groups is 1. The van der Waals surface area contributed by atoms with E-state index in [1.807, 2.05) is 54.6 Å². The van der Waals surface area contributed by atoms with Gasteiger partial charge in [0.25, 0.3) is 0 Å². The van der Waals surface area contributed by atoms with Crippen molar-refractivity contribution in [2.24, 2.45) is 0 Å². The third-order valence-corrected chi connectivity index (χ3v) is 5.74. The molecule has 1 unspecified atom stereocenters. The number of para-hydroxylation sites is 1. The van der Waals surface area contributed by atoms with Crippen LogP contribution in [0.2, 0.25) is 0 Å². The molecule has 5 nitrogen and oxygen atoms in total. The summed E-state index contributed by atoms with van der Waals surface area (Å²) in [6.45, 7) is 2.96. The number of anilines is 2. The first-order chi connectivity index (χ1) is 15.7. The molecule has 1 atom stereocenters. The Hall–Kier alpha value is -3.69. The van der Waals surface area contributed by atoms with Crippen molar-refractivity contribution >= 4 is 17.3 Å². The molecule has 3 aromatic rings. The van der Waals surface area contributed by atoms with Gasteiger partial charge in [-0.15, -0.1) is 0 Å². The minimum Gasteiger partial charge on any atom is -0.369 e. The van der Waals surface area contributed by atoms with Crippen LogP contribution in [-0.4, -0.2) is 37.0 Å². The molecule has 0 saturated carbocycles. The van der Waals surface area contributed by atoms with Gasteiger partial charge >= 0.3 is 0 Å². The third kappa shape index (κ3) is 4.96. The van der Waals surface area contributed by atoms with Gasteiger partial charge in [-0.1, -0.05) is 42.5 Å². The lowest BCUT2D eigenvalue weighted by atomic mass is 10.0. The van der Waals surface area contributed by atoms with E-state index in [9.17, 15) is 14.4 Å². The predicted molar refractivity (Wildman–Crippen MR) is 124 cm³/mol. The van der Waals surface area contributed by atoms with Crippen LogP contribution in [0, 0.1) is 17.1 Å². The average Bonchev–Trinajstić information content (AvgIpc) is 3.07. The van der Waals surface area contributed by atoms with Gasteiger partial charge in [0.2, 0.25) is 5.91 Å². The number of nitrogens with one attached hydrogen (secondary N) is 1. The number of rotatable bonds is 5. The predicted octanol–water partition coefficient (Wildman–Crippen LogP) is 4.59. The number of carbonyl (C=O) groups excluding carboxylic acids is 1. The lowest BCUT2D eigenvalue weighted by Gasteiger charge is -2.30. The number of hydrogen-bond acceptors (Lipinski definition) is 4. The van der Waals surface area contributed by atoms with E-state index in [0.717, 1.165) is 30.8 Å². The Kier molecular flexibility index (Phi) is 6.78. The summed E-state index contributed by atoms with van der Waals surface area (Å²) < 4.78 is 13.3. The van der Waals surface area contributed by atoms with Gasteiger partial charge in [-0.05, 0) is 48.4 Å². The number of benzene rings is 3. The fourth-order valence-electron chi connectivity index (χ4n) is 4.19. The second-order valence-corrected chi connectivity index (χ2v) is 7.81. The maximum atomic E-state index is 13.4. The summed E-state index contributed by atoms with van der Waals surface area (Å²) in [5.41, 5.74) is 3.08. The number of hydrogen-bond donors (Lipinski definition) is 1. The van der Waals surface area contributed by atoms with Gasteiger partial charge < -0.3 is 10.2 Å². The van der Waals surface area contributed by atoms with Crippen molar-refractivity contribution in [3.63, 3.8) is 0 Å². The summed E-state index contributed by atoms with van der Waals surface area (Å²) in [6, 6.07) is 25.0. The Morgan fingerprint density at radius 3 is 2.38 bits per heavy atom. The number of nitrogens with zero attached hydrogens (tertiary/aromatic N) is 3. The minimum atomic E-state index is -0.465. The summed E-state index contributed by atoms with van der Waals surface area (Å²) in [6.07, 6.45) is 0.868. The van der Waals surface area contributed by atoms with E-state index in [1.165, 1.54) is 12.1 Å². The van der Waals surface area contributed by atoms with Crippen LogP contribution in [-0.2, 0) is 4.79 Å². The average molecular weight is 429 g/mol. The zero-order valence-electron chi connectivity index (χ0n) is 17.7. The van der Waals surface area contributed by atoms with Gasteiger partial charge in [0.15, 0.2) is 0 Å². The van der Waals surface area contributed by atoms with Crippen molar-refractivity contribution in [2.75, 3.05) is 36.4 Å². The van der Waals surface area contributed by atoms with Crippen molar-refractivity contribution in [1.82, 2.24) is 4.90 Å². The summed E-state index contributed by atoms with van der Waals surface area (Å²) in [7, 11) is 0. The van der Waals surface area contributed by atoms with Gasteiger partial charge in [-0.2, -0.15) is 5.26 Å². The van der Waals surface area contributed by atoms with Crippen LogP contribution in [0.4, 0.5) is 15.8 Å². The lowest BCUT2D eigenvalue weighted by molar-refractivity contribution is -0.121. The molecule has 32 heavy (non-hydrogen) atoms. The molecule has 1 heterocycles. The monoisotopic (exact) mass is 428 g/mol. The zero-order chi connectivity index (χ0) is 22.3. The molecule has 0 aliphatic carbocycles. The number of halogens is 1. The molecule has 1 saturated heterocycles. The molecule has 0 aromatic heterocycles. The fraction of sp³-hybridized carbons (Fsp3) is 0.231. The van der Waals surface area contributed by atoms with Crippen LogP contribution in [0.5, 0.6) is 0 Å². The fourth-order valence-corrected chi connectivity index (χ4v) is 4.19. The van der Waals surface area contributed by atoms with Gasteiger partial charge in [0.1, 0.15) is 17.9 Å². The van der Waals surface area contributed by atoms with Crippen LogP contribution >= 0.6 is 0 Å². The van der Waals surface area contributed by atoms with Crippen molar-refractivity contribution in [2.45, 2.75) is 12.5 Å². The van der Waals surface area contributed by atoms with E-state index >= 15 is 0 Å². The highest BCUT2D eigenvalue weighted by molar-refractivity contribution is 5.95. The molecule has 3 aromatic carbocycles. The molecule has 1 amide bonds. The molecule has 0 spiro atoms. The topological polar surface area (TPSA) is 59.4 Å². The van der Waals surface area contributed by atoms with Crippen LogP contribution in [0.15, 0.2) is 78.9 Å². The maximum absolute atomic E-state index is 13.4. The molecule has 1 aliphatic rings. The highest BCUT2D eigenvalue weighted by Gasteiger charge is 2.29. The van der Waals surface area contributed by atoms with Gasteiger partial charge in [0.05, 0.1) is 11.3 Å². The summed E-state index contributed by atoms with van der Waals surface area (Å²) in [5.74, 6) is -0.485. The van der Waals surface area contributed by atoms with Crippen LogP contribution in [0.25, 0.3) is 0 Å². The standard InChI is InChI=1S/C26H25FN4O/c27-22-11-13-23(14-12-22)29-26(32)25(20-7-2-1-3-8-20)31-16-6-15-30(17-18-31)24-10-5-4-9-21(24)19-28/h1-5,7-14,25H,6,15-18H2,(H,29,32). The van der Waals surface area contributed by atoms with Crippen molar-refractivity contribution < 1.29 is 9.18 Å². The highest BCUT2D eigenvalue weighted by atomic mass is 19.1. The first-order valence-corrected chi connectivity index (χ1v) is 10.8. The molecular formula is C26H25FN4O. The van der Waals surface area contributed by atoms with E-state index in [4.69, 9.17) is 0 Å². The minimum absolute atomic E-state index is 0.145. The van der Waals surface area contributed by atoms with Crippen molar-refractivity contribution in [3.05, 3.63) is 95.8 Å². The molecule has 1 fully saturated rings. The molecule has 6 heteroatoms. The summed E-state index contributed by atoms with van der Waals surface area (Å²) in [5, 5.41) is 12.4. The van der Waals surface area contributed by atoms with Crippen LogP contribution in [0.1, 0.15) is 23.6 Å². The molecule has 162 valence electrons. The van der Waals surface area contributed by atoms with E-state index in [2.05, 4.69) is 21.2 Å². The van der Waals surface area contributed by atoms with E-state index in [1.54, 1.807) is 12.1 Å². The largest absolute Gasteiger partial charge is 0.369 e. The molecule has 1 N–H and O–H groups in total. The van der Waals surface area contributed by atoms with Gasteiger partial charge in [-0.3, -0.25) is 9.69 Å². The summed E-state index contributed by atoms with van der Waals surface area (Å²) >= 11 is 0. The smallest absolute Gasteiger partial charge is 0.246 e. The Morgan fingerprint density at radius 2 is 1.62 bits per heavy atom. The normalized spacial score (nSPS) is 15.4. The Bertz CT molecular complexity index is 1090. The van der Waals surface area contributed by atoms with Crippen molar-refractivity contribution in [1.29, 1.82) is 5.26 Å². The molecule has 4 rings (SSSR count). The van der Waals surface area contributed by atoms with Crippen LogP contribution < -0.4 is 10.2 Å². The summed E-state index contributed by atoms with van der Waals surface area (Å²) in [4.78, 5) is 17.8. The van der Waals surface area contributed by atoms with E-state index in [-0.39, 0.29) is 11.7 Å². The Balaban J connectivity index is 1.55. The SMILES string of the molecule is N#Cc1ccccc1N1CCCN(C(C(=O)Nc2ccc(F)cc2)c2ccccc2)CC1. The second-order valence-electron chi connectivity index (χ2n) is 7.81. The van der Waals surface area contributed by atoms with E-state index in [0.29, 0.717) is 24.3 Å². The van der Waals surface area contributed by atoms with Gasteiger partial charge in [-0.25, -0.2) is 4.39 Å². The highest BCUT2D eigenvalue weighted by Crippen LogP contribution is 2.27. The first kappa shape index (κ1) is 21.5. The van der Waals surface area contributed by atoms with Crippen molar-refractivity contribution in [3.8, 4) is 6.07 Å². The lowest BCUT2D eigenvalue weighted by Crippen LogP contribution is -2.39. The molecule has 1 aliphatic heterocycles. The molecular weight excluding hydrogens is 403 g/mol. The third-order valence-electron chi connectivity index (χ3n) is 5.74. The van der Waals surface area contributed by atoms with Gasteiger partial charge in [0, 0.05) is 31.9 Å². The van der Waals surface area contributed by atoms with E-state index < -0.39 is 6.04 Å². The maximum Gasteiger partial charge on any atom is 0.246 e. The Morgan fingerprint density at radius 1 is 0.906 bits per heavy atom. The number of amides is 1. The van der Waals surface area contributed by atoms with Crippen LogP contribution in [0.3, 0.4) is 0 Å². The molecule has 0 radical (unpaired) electrons. The zero-order valence-corrected chi connectivity index (χ0v) is 17.7.